The lowest BCUT2D eigenvalue weighted by molar-refractivity contribution is 0.306. The summed E-state index contributed by atoms with van der Waals surface area (Å²) in [6, 6.07) is 36.3. The molecule has 0 saturated carbocycles. The van der Waals surface area contributed by atoms with E-state index in [0.717, 1.165) is 12.3 Å². The third kappa shape index (κ3) is 4.04. The number of para-hydroxylation sites is 1. The van der Waals surface area contributed by atoms with Crippen LogP contribution in [0.5, 0.6) is 5.75 Å². The van der Waals surface area contributed by atoms with Crippen molar-refractivity contribution in [1.82, 2.24) is 4.57 Å². The van der Waals surface area contributed by atoms with E-state index in [9.17, 15) is 0 Å². The van der Waals surface area contributed by atoms with Crippen molar-refractivity contribution in [2.24, 2.45) is 0 Å². The van der Waals surface area contributed by atoms with E-state index in [2.05, 4.69) is 103 Å². The number of hydrogen-bond donors (Lipinski definition) is 0. The third-order valence-corrected chi connectivity index (χ3v) is 6.06. The first kappa shape index (κ1) is 20.1. The van der Waals surface area contributed by atoms with Crippen LogP contribution in [0.1, 0.15) is 22.3 Å². The fourth-order valence-electron chi connectivity index (χ4n) is 4.34. The van der Waals surface area contributed by atoms with Gasteiger partial charge in [-0.1, -0.05) is 78.4 Å². The Bertz CT molecular complexity index is 1330. The first-order valence-corrected chi connectivity index (χ1v) is 11.1. The molecule has 5 aromatic rings. The molecule has 5 rings (SSSR count). The molecule has 32 heavy (non-hydrogen) atoms. The molecule has 2 nitrogen and oxygen atoms in total. The average Bonchev–Trinajstić information content (AvgIpc) is 3.12. The number of hydrogen-bond acceptors (Lipinski definition) is 1. The minimum atomic E-state index is 0.576. The summed E-state index contributed by atoms with van der Waals surface area (Å²) in [5, 5.41) is 1.30. The maximum Gasteiger partial charge on any atom is 0.119 e. The Morgan fingerprint density at radius 3 is 2.09 bits per heavy atom. The zero-order valence-electron chi connectivity index (χ0n) is 18.6. The van der Waals surface area contributed by atoms with Crippen LogP contribution in [0.25, 0.3) is 22.2 Å². The highest BCUT2D eigenvalue weighted by atomic mass is 16.5. The standard InChI is InChI=1S/C30H27NO/c1-22-12-14-24(15-13-22)20-31-29-11-7-6-10-28(29)23(2)30(31)26-16-18-27(19-17-26)32-21-25-8-4-3-5-9-25/h3-19H,20-21H2,1-2H3. The summed E-state index contributed by atoms with van der Waals surface area (Å²) in [7, 11) is 0. The van der Waals surface area contributed by atoms with E-state index in [1.165, 1.54) is 44.4 Å². The van der Waals surface area contributed by atoms with Gasteiger partial charge in [0.15, 0.2) is 0 Å². The summed E-state index contributed by atoms with van der Waals surface area (Å²) in [5.74, 6) is 0.886. The molecule has 1 heterocycles. The zero-order chi connectivity index (χ0) is 21.9. The van der Waals surface area contributed by atoms with E-state index in [1.54, 1.807) is 0 Å². The summed E-state index contributed by atoms with van der Waals surface area (Å²) >= 11 is 0. The highest BCUT2D eigenvalue weighted by Gasteiger charge is 2.16. The van der Waals surface area contributed by atoms with Gasteiger partial charge < -0.3 is 9.30 Å². The van der Waals surface area contributed by atoms with Crippen molar-refractivity contribution >= 4 is 10.9 Å². The Morgan fingerprint density at radius 1 is 0.656 bits per heavy atom. The molecule has 0 N–H and O–H groups in total. The SMILES string of the molecule is Cc1ccc(Cn2c(-c3ccc(OCc4ccccc4)cc3)c(C)c3ccccc32)cc1. The molecule has 158 valence electrons. The van der Waals surface area contributed by atoms with E-state index >= 15 is 0 Å². The van der Waals surface area contributed by atoms with E-state index in [1.807, 2.05) is 18.2 Å². The minimum Gasteiger partial charge on any atom is -0.489 e. The van der Waals surface area contributed by atoms with Crippen molar-refractivity contribution < 1.29 is 4.74 Å². The van der Waals surface area contributed by atoms with Gasteiger partial charge in [-0.25, -0.2) is 0 Å². The van der Waals surface area contributed by atoms with Gasteiger partial charge in [0.25, 0.3) is 0 Å². The van der Waals surface area contributed by atoms with Crippen LogP contribution in [0.3, 0.4) is 0 Å². The fourth-order valence-corrected chi connectivity index (χ4v) is 4.34. The number of benzene rings is 4. The van der Waals surface area contributed by atoms with Gasteiger partial charge in [-0.05, 0) is 66.4 Å². The van der Waals surface area contributed by atoms with Gasteiger partial charge in [0.1, 0.15) is 12.4 Å². The minimum absolute atomic E-state index is 0.576. The molecule has 0 saturated heterocycles. The van der Waals surface area contributed by atoms with E-state index in [4.69, 9.17) is 4.74 Å². The summed E-state index contributed by atoms with van der Waals surface area (Å²) in [5.41, 5.74) is 8.81. The van der Waals surface area contributed by atoms with Crippen molar-refractivity contribution in [3.05, 3.63) is 125 Å². The molecule has 0 atom stereocenters. The van der Waals surface area contributed by atoms with Crippen molar-refractivity contribution in [3.8, 4) is 17.0 Å². The molecule has 0 bridgehead atoms. The molecule has 2 heteroatoms. The third-order valence-electron chi connectivity index (χ3n) is 6.06. The summed E-state index contributed by atoms with van der Waals surface area (Å²) < 4.78 is 8.44. The quantitative estimate of drug-likeness (QED) is 0.278. The molecular weight excluding hydrogens is 390 g/mol. The maximum atomic E-state index is 6.00. The Hall–Kier alpha value is -3.78. The van der Waals surface area contributed by atoms with Gasteiger partial charge in [0, 0.05) is 17.4 Å². The maximum absolute atomic E-state index is 6.00. The normalized spacial score (nSPS) is 11.1. The Kier molecular flexibility index (Phi) is 5.51. The van der Waals surface area contributed by atoms with Crippen LogP contribution < -0.4 is 4.74 Å². The Labute approximate surface area is 189 Å². The molecule has 0 aliphatic heterocycles. The van der Waals surface area contributed by atoms with Crippen LogP contribution in [0.15, 0.2) is 103 Å². The summed E-state index contributed by atoms with van der Waals surface area (Å²) in [6.45, 7) is 5.78. The van der Waals surface area contributed by atoms with Crippen LogP contribution in [0, 0.1) is 13.8 Å². The van der Waals surface area contributed by atoms with Gasteiger partial charge >= 0.3 is 0 Å². The summed E-state index contributed by atoms with van der Waals surface area (Å²) in [6.07, 6.45) is 0. The molecule has 0 unspecified atom stereocenters. The van der Waals surface area contributed by atoms with Gasteiger partial charge in [0.05, 0.1) is 5.69 Å². The van der Waals surface area contributed by atoms with Crippen LogP contribution in [0.2, 0.25) is 0 Å². The predicted molar refractivity (Wildman–Crippen MR) is 133 cm³/mol. The highest BCUT2D eigenvalue weighted by Crippen LogP contribution is 2.34. The zero-order valence-corrected chi connectivity index (χ0v) is 18.6. The molecule has 0 amide bonds. The van der Waals surface area contributed by atoms with Crippen LogP contribution >= 0.6 is 0 Å². The second kappa shape index (κ2) is 8.76. The second-order valence-electron chi connectivity index (χ2n) is 8.36. The molecule has 0 fully saturated rings. The molecule has 0 aliphatic rings. The number of rotatable bonds is 6. The van der Waals surface area contributed by atoms with Crippen molar-refractivity contribution in [3.63, 3.8) is 0 Å². The largest absolute Gasteiger partial charge is 0.489 e. The number of ether oxygens (including phenoxy) is 1. The number of aromatic nitrogens is 1. The lowest BCUT2D eigenvalue weighted by Gasteiger charge is -2.13. The molecule has 0 aliphatic carbocycles. The van der Waals surface area contributed by atoms with Crippen LogP contribution in [-0.2, 0) is 13.2 Å². The van der Waals surface area contributed by atoms with Gasteiger partial charge in [-0.15, -0.1) is 0 Å². The van der Waals surface area contributed by atoms with E-state index in [-0.39, 0.29) is 0 Å². The van der Waals surface area contributed by atoms with E-state index in [0.29, 0.717) is 6.61 Å². The van der Waals surface area contributed by atoms with Gasteiger partial charge in [0.2, 0.25) is 0 Å². The first-order chi connectivity index (χ1) is 15.7. The van der Waals surface area contributed by atoms with Gasteiger partial charge in [-0.2, -0.15) is 0 Å². The van der Waals surface area contributed by atoms with Crippen molar-refractivity contribution in [1.29, 1.82) is 0 Å². The van der Waals surface area contributed by atoms with Gasteiger partial charge in [-0.3, -0.25) is 0 Å². The topological polar surface area (TPSA) is 14.2 Å². The average molecular weight is 418 g/mol. The van der Waals surface area contributed by atoms with Crippen molar-refractivity contribution in [2.75, 3.05) is 0 Å². The monoisotopic (exact) mass is 417 g/mol. The molecule has 4 aromatic carbocycles. The smallest absolute Gasteiger partial charge is 0.119 e. The fraction of sp³-hybridized carbons (Fsp3) is 0.133. The van der Waals surface area contributed by atoms with Crippen molar-refractivity contribution in [2.45, 2.75) is 27.0 Å². The first-order valence-electron chi connectivity index (χ1n) is 11.1. The molecule has 0 radical (unpaired) electrons. The molecule has 0 spiro atoms. The Morgan fingerprint density at radius 2 is 1.34 bits per heavy atom. The predicted octanol–water partition coefficient (Wildman–Crippen LogP) is 7.55. The molecular formula is C30H27NO. The lowest BCUT2D eigenvalue weighted by Crippen LogP contribution is -2.02. The molecule has 1 aromatic heterocycles. The number of fused-ring (bicyclic) bond motifs is 1. The summed E-state index contributed by atoms with van der Waals surface area (Å²) in [4.78, 5) is 0. The van der Waals surface area contributed by atoms with Crippen LogP contribution in [-0.4, -0.2) is 4.57 Å². The number of aryl methyl sites for hydroxylation is 2. The second-order valence-corrected chi connectivity index (χ2v) is 8.36. The highest BCUT2D eigenvalue weighted by molar-refractivity contribution is 5.91. The Balaban J connectivity index is 1.49. The lowest BCUT2D eigenvalue weighted by atomic mass is 10.1. The number of nitrogens with zero attached hydrogens (tertiary/aromatic N) is 1. The van der Waals surface area contributed by atoms with Crippen LogP contribution in [0.4, 0.5) is 0 Å². The van der Waals surface area contributed by atoms with E-state index < -0.39 is 0 Å².